The van der Waals surface area contributed by atoms with E-state index in [-0.39, 0.29) is 16.8 Å². The molecule has 0 radical (unpaired) electrons. The molecule has 0 saturated heterocycles. The van der Waals surface area contributed by atoms with Crippen molar-refractivity contribution in [2.45, 2.75) is 27.7 Å². The molecule has 1 amide bonds. The van der Waals surface area contributed by atoms with E-state index in [9.17, 15) is 9.59 Å². The predicted octanol–water partition coefficient (Wildman–Crippen LogP) is 5.39. The Balaban J connectivity index is 2.31. The summed E-state index contributed by atoms with van der Waals surface area (Å²) < 4.78 is 10.3. The Morgan fingerprint density at radius 3 is 2.46 bits per heavy atom. The zero-order chi connectivity index (χ0) is 20.6. The quantitative estimate of drug-likeness (QED) is 0.531. The van der Waals surface area contributed by atoms with Crippen LogP contribution in [0.4, 0.5) is 11.6 Å². The third-order valence-electron chi connectivity index (χ3n) is 4.46. The average Bonchev–Trinajstić information content (AvgIpc) is 3.29. The van der Waals surface area contributed by atoms with Crippen LogP contribution in [0.15, 0.2) is 28.1 Å². The van der Waals surface area contributed by atoms with E-state index < -0.39 is 5.97 Å². The number of methoxy groups -OCH3 is 1. The highest BCUT2D eigenvalue weighted by molar-refractivity contribution is 7.12. The Labute approximate surface area is 171 Å². The number of anilines is 2. The molecular weight excluding hydrogens is 400 g/mol. The number of amides is 1. The van der Waals surface area contributed by atoms with Crippen molar-refractivity contribution in [1.29, 1.82) is 0 Å². The van der Waals surface area contributed by atoms with Crippen LogP contribution in [0.3, 0.4) is 0 Å². The van der Waals surface area contributed by atoms with Gasteiger partial charge in [0.1, 0.15) is 10.7 Å². The Morgan fingerprint density at radius 1 is 1.21 bits per heavy atom. The molecule has 0 aliphatic heterocycles. The fraction of sp³-hybridized carbons (Fsp3) is 0.250. The maximum Gasteiger partial charge on any atom is 0.338 e. The number of hydrogen-bond donors (Lipinski definition) is 0. The molecule has 0 aliphatic rings. The van der Waals surface area contributed by atoms with Gasteiger partial charge in [-0.3, -0.25) is 4.79 Å². The molecule has 0 bridgehead atoms. The molecule has 0 aliphatic carbocycles. The van der Waals surface area contributed by atoms with Gasteiger partial charge < -0.3 is 9.26 Å². The van der Waals surface area contributed by atoms with Crippen molar-refractivity contribution >= 4 is 46.4 Å². The molecule has 0 fully saturated rings. The van der Waals surface area contributed by atoms with Crippen molar-refractivity contribution in [3.63, 3.8) is 0 Å². The van der Waals surface area contributed by atoms with Crippen LogP contribution in [-0.4, -0.2) is 24.1 Å². The summed E-state index contributed by atoms with van der Waals surface area (Å²) in [4.78, 5) is 27.6. The second kappa shape index (κ2) is 7.77. The zero-order valence-corrected chi connectivity index (χ0v) is 17.7. The van der Waals surface area contributed by atoms with Crippen LogP contribution >= 0.6 is 22.9 Å². The van der Waals surface area contributed by atoms with Gasteiger partial charge in [0.15, 0.2) is 0 Å². The van der Waals surface area contributed by atoms with E-state index in [1.165, 1.54) is 23.3 Å². The lowest BCUT2D eigenvalue weighted by molar-refractivity contribution is 0.0598. The molecule has 0 unspecified atom stereocenters. The summed E-state index contributed by atoms with van der Waals surface area (Å²) in [5.74, 6) is -0.679. The minimum Gasteiger partial charge on any atom is -0.465 e. The summed E-state index contributed by atoms with van der Waals surface area (Å²) in [6, 6.07) is 5.34. The van der Waals surface area contributed by atoms with Gasteiger partial charge in [0, 0.05) is 0 Å². The van der Waals surface area contributed by atoms with Gasteiger partial charge in [0.25, 0.3) is 11.8 Å². The highest BCUT2D eigenvalue weighted by Gasteiger charge is 2.32. The van der Waals surface area contributed by atoms with Gasteiger partial charge in [-0.1, -0.05) is 28.9 Å². The molecule has 3 aromatic rings. The Kier molecular flexibility index (Phi) is 5.58. The van der Waals surface area contributed by atoms with Gasteiger partial charge in [0.2, 0.25) is 0 Å². The van der Waals surface area contributed by atoms with Crippen molar-refractivity contribution in [2.24, 2.45) is 0 Å². The normalized spacial score (nSPS) is 10.8. The predicted molar refractivity (Wildman–Crippen MR) is 109 cm³/mol. The number of carbonyl (C=O) groups excluding carboxylic acids is 2. The minimum atomic E-state index is -0.473. The maximum absolute atomic E-state index is 13.4. The van der Waals surface area contributed by atoms with E-state index in [2.05, 4.69) is 5.16 Å². The number of nitrogens with zero attached hydrogens (tertiary/aromatic N) is 2. The van der Waals surface area contributed by atoms with Crippen LogP contribution in [0.25, 0.3) is 0 Å². The van der Waals surface area contributed by atoms with Gasteiger partial charge in [-0.15, -0.1) is 11.3 Å². The van der Waals surface area contributed by atoms with E-state index >= 15 is 0 Å². The molecule has 6 nitrogen and oxygen atoms in total. The maximum atomic E-state index is 13.4. The number of aryl methyl sites for hydroxylation is 3. The fourth-order valence-electron chi connectivity index (χ4n) is 3.23. The van der Waals surface area contributed by atoms with Crippen molar-refractivity contribution in [1.82, 2.24) is 5.16 Å². The summed E-state index contributed by atoms with van der Waals surface area (Å²) in [6.07, 6.45) is 0. The van der Waals surface area contributed by atoms with E-state index in [4.69, 9.17) is 20.9 Å². The first-order chi connectivity index (χ1) is 13.3. The summed E-state index contributed by atoms with van der Waals surface area (Å²) in [5.41, 5.74) is 3.53. The standard InChI is InChI=1S/C20H19ClN2O4S/c1-10-9-11(2)17(12(3)15(10)20(25)26-5)23(18(24)14-7-6-8-28-14)19-16(21)13(4)22-27-19/h6-9H,1-5H3. The molecule has 8 heteroatoms. The number of hydrogen-bond acceptors (Lipinski definition) is 6. The Morgan fingerprint density at radius 2 is 1.93 bits per heavy atom. The lowest BCUT2D eigenvalue weighted by Gasteiger charge is -2.25. The lowest BCUT2D eigenvalue weighted by atomic mass is 9.96. The van der Waals surface area contributed by atoms with Crippen LogP contribution in [0.2, 0.25) is 5.02 Å². The zero-order valence-electron chi connectivity index (χ0n) is 16.1. The van der Waals surface area contributed by atoms with E-state index in [0.717, 1.165) is 11.1 Å². The third-order valence-corrected chi connectivity index (χ3v) is 5.75. The molecule has 146 valence electrons. The minimum absolute atomic E-state index is 0.114. The molecule has 3 rings (SSSR count). The van der Waals surface area contributed by atoms with Crippen LogP contribution in [0, 0.1) is 27.7 Å². The number of aromatic nitrogens is 1. The van der Waals surface area contributed by atoms with E-state index in [1.807, 2.05) is 25.3 Å². The molecule has 2 aromatic heterocycles. The molecule has 0 N–H and O–H groups in total. The van der Waals surface area contributed by atoms with E-state index in [0.29, 0.717) is 27.4 Å². The first kappa shape index (κ1) is 20.1. The van der Waals surface area contributed by atoms with Crippen molar-refractivity contribution in [3.05, 3.63) is 61.4 Å². The Bertz CT molecular complexity index is 1060. The molecule has 0 atom stereocenters. The molecular formula is C20H19ClN2O4S. The van der Waals surface area contributed by atoms with Gasteiger partial charge in [-0.05, 0) is 55.8 Å². The van der Waals surface area contributed by atoms with Crippen LogP contribution in [0.1, 0.15) is 42.4 Å². The highest BCUT2D eigenvalue weighted by Crippen LogP contribution is 2.40. The summed E-state index contributed by atoms with van der Waals surface area (Å²) in [7, 11) is 1.33. The number of carbonyl (C=O) groups is 2. The number of thiophene rings is 1. The Hall–Kier alpha value is -2.64. The largest absolute Gasteiger partial charge is 0.465 e. The second-order valence-electron chi connectivity index (χ2n) is 6.36. The smallest absolute Gasteiger partial charge is 0.338 e. The number of rotatable bonds is 4. The average molecular weight is 419 g/mol. The molecule has 28 heavy (non-hydrogen) atoms. The summed E-state index contributed by atoms with van der Waals surface area (Å²) >= 11 is 7.69. The van der Waals surface area contributed by atoms with Crippen molar-refractivity contribution < 1.29 is 18.8 Å². The van der Waals surface area contributed by atoms with Crippen LogP contribution < -0.4 is 4.90 Å². The fourth-order valence-corrected chi connectivity index (χ4v) is 4.03. The third kappa shape index (κ3) is 3.31. The monoisotopic (exact) mass is 418 g/mol. The van der Waals surface area contributed by atoms with Crippen LogP contribution in [0.5, 0.6) is 0 Å². The van der Waals surface area contributed by atoms with Gasteiger partial charge in [-0.25, -0.2) is 9.69 Å². The number of halogens is 1. The van der Waals surface area contributed by atoms with Gasteiger partial charge in [-0.2, -0.15) is 0 Å². The molecule has 2 heterocycles. The van der Waals surface area contributed by atoms with Crippen molar-refractivity contribution in [3.8, 4) is 0 Å². The number of ether oxygens (including phenoxy) is 1. The molecule has 0 saturated carbocycles. The van der Waals surface area contributed by atoms with Gasteiger partial charge >= 0.3 is 5.97 Å². The number of esters is 1. The summed E-state index contributed by atoms with van der Waals surface area (Å²) in [5, 5.41) is 5.94. The molecule has 0 spiro atoms. The van der Waals surface area contributed by atoms with Crippen LogP contribution in [-0.2, 0) is 4.74 Å². The topological polar surface area (TPSA) is 72.6 Å². The lowest BCUT2D eigenvalue weighted by Crippen LogP contribution is -2.27. The van der Waals surface area contributed by atoms with Crippen molar-refractivity contribution in [2.75, 3.05) is 12.0 Å². The first-order valence-corrected chi connectivity index (χ1v) is 9.72. The first-order valence-electron chi connectivity index (χ1n) is 8.46. The SMILES string of the molecule is COC(=O)c1c(C)cc(C)c(N(C(=O)c2cccs2)c2onc(C)c2Cl)c1C. The van der Waals surface area contributed by atoms with Gasteiger partial charge in [0.05, 0.1) is 23.2 Å². The van der Waals surface area contributed by atoms with E-state index in [1.54, 1.807) is 26.0 Å². The second-order valence-corrected chi connectivity index (χ2v) is 7.68. The number of benzene rings is 1. The summed E-state index contributed by atoms with van der Waals surface area (Å²) in [6.45, 7) is 7.15. The molecule has 1 aromatic carbocycles. The highest BCUT2D eigenvalue weighted by atomic mass is 35.5.